The van der Waals surface area contributed by atoms with E-state index in [1.807, 2.05) is 18.3 Å². The molecule has 1 aliphatic heterocycles. The van der Waals surface area contributed by atoms with Gasteiger partial charge in [-0.25, -0.2) is 10.9 Å². The third-order valence-corrected chi connectivity index (χ3v) is 3.08. The first kappa shape index (κ1) is 12.3. The van der Waals surface area contributed by atoms with Crippen molar-refractivity contribution in [2.45, 2.75) is 6.42 Å². The van der Waals surface area contributed by atoms with Gasteiger partial charge in [-0.05, 0) is 18.6 Å². The maximum Gasteiger partial charge on any atom is 0.128 e. The van der Waals surface area contributed by atoms with Crippen LogP contribution in [0.1, 0.15) is 6.42 Å². The van der Waals surface area contributed by atoms with Crippen molar-refractivity contribution in [2.24, 2.45) is 5.90 Å². The summed E-state index contributed by atoms with van der Waals surface area (Å²) >= 11 is 0. The molecule has 2 rings (SSSR count). The lowest BCUT2D eigenvalue weighted by atomic mass is 10.3. The minimum atomic E-state index is 0.639. The van der Waals surface area contributed by atoms with Crippen molar-refractivity contribution in [2.75, 3.05) is 44.2 Å². The third-order valence-electron chi connectivity index (χ3n) is 3.08. The van der Waals surface area contributed by atoms with Crippen molar-refractivity contribution >= 4 is 5.82 Å². The van der Waals surface area contributed by atoms with Gasteiger partial charge >= 0.3 is 0 Å². The second kappa shape index (κ2) is 6.54. The fraction of sp³-hybridized carbons (Fsp3) is 0.583. The van der Waals surface area contributed by atoms with E-state index in [1.165, 1.54) is 0 Å². The summed E-state index contributed by atoms with van der Waals surface area (Å²) in [5, 5.41) is 0. The number of rotatable bonds is 5. The van der Waals surface area contributed by atoms with Crippen LogP contribution in [0.3, 0.4) is 0 Å². The predicted molar refractivity (Wildman–Crippen MR) is 67.6 cm³/mol. The molecule has 1 saturated heterocycles. The molecule has 17 heavy (non-hydrogen) atoms. The zero-order valence-electron chi connectivity index (χ0n) is 10.1. The SMILES string of the molecule is NOCCCN1CCN(c2ccccn2)CC1. The first-order valence-electron chi connectivity index (χ1n) is 6.10. The standard InChI is InChI=1S/C12H20N4O/c13-17-11-3-6-15-7-9-16(10-8-15)12-4-1-2-5-14-12/h1-2,4-5H,3,6-11,13H2. The highest BCUT2D eigenvalue weighted by atomic mass is 16.6. The molecule has 0 spiro atoms. The summed E-state index contributed by atoms with van der Waals surface area (Å²) in [4.78, 5) is 13.7. The van der Waals surface area contributed by atoms with Gasteiger partial charge in [0.25, 0.3) is 0 Å². The molecule has 0 saturated carbocycles. The van der Waals surface area contributed by atoms with Gasteiger partial charge in [-0.1, -0.05) is 6.07 Å². The topological polar surface area (TPSA) is 54.6 Å². The van der Waals surface area contributed by atoms with Crippen molar-refractivity contribution in [3.8, 4) is 0 Å². The first-order chi connectivity index (χ1) is 8.40. The molecule has 0 atom stereocenters. The van der Waals surface area contributed by atoms with E-state index in [-0.39, 0.29) is 0 Å². The minimum Gasteiger partial charge on any atom is -0.354 e. The zero-order valence-corrected chi connectivity index (χ0v) is 10.1. The number of piperazine rings is 1. The average Bonchev–Trinajstić information content (AvgIpc) is 2.41. The second-order valence-electron chi connectivity index (χ2n) is 4.24. The van der Waals surface area contributed by atoms with E-state index in [1.54, 1.807) is 0 Å². The maximum absolute atomic E-state index is 5.01. The number of anilines is 1. The molecular formula is C12H20N4O. The van der Waals surface area contributed by atoms with Crippen molar-refractivity contribution < 1.29 is 4.84 Å². The molecule has 1 aromatic rings. The van der Waals surface area contributed by atoms with E-state index >= 15 is 0 Å². The smallest absolute Gasteiger partial charge is 0.128 e. The quantitative estimate of drug-likeness (QED) is 0.595. The van der Waals surface area contributed by atoms with Crippen LogP contribution in [0.15, 0.2) is 24.4 Å². The molecular weight excluding hydrogens is 216 g/mol. The van der Waals surface area contributed by atoms with E-state index < -0.39 is 0 Å². The molecule has 2 heterocycles. The molecule has 1 aliphatic rings. The Morgan fingerprint density at radius 2 is 2.06 bits per heavy atom. The Bertz CT molecular complexity index is 312. The van der Waals surface area contributed by atoms with Crippen molar-refractivity contribution in [1.29, 1.82) is 0 Å². The molecule has 1 fully saturated rings. The van der Waals surface area contributed by atoms with Crippen LogP contribution in [0.4, 0.5) is 5.82 Å². The summed E-state index contributed by atoms with van der Waals surface area (Å²) < 4.78 is 0. The summed E-state index contributed by atoms with van der Waals surface area (Å²) in [6.45, 7) is 5.96. The Labute approximate surface area is 102 Å². The molecule has 94 valence electrons. The van der Waals surface area contributed by atoms with Crippen molar-refractivity contribution in [3.05, 3.63) is 24.4 Å². The van der Waals surface area contributed by atoms with E-state index in [0.29, 0.717) is 6.61 Å². The van der Waals surface area contributed by atoms with Crippen LogP contribution in [0.2, 0.25) is 0 Å². The van der Waals surface area contributed by atoms with Crippen LogP contribution in [0.25, 0.3) is 0 Å². The van der Waals surface area contributed by atoms with Gasteiger partial charge in [0.2, 0.25) is 0 Å². The number of hydrogen-bond donors (Lipinski definition) is 1. The number of nitrogens with zero attached hydrogens (tertiary/aromatic N) is 3. The highest BCUT2D eigenvalue weighted by Crippen LogP contribution is 2.12. The number of aromatic nitrogens is 1. The second-order valence-corrected chi connectivity index (χ2v) is 4.24. The Balaban J connectivity index is 1.74. The molecule has 1 aromatic heterocycles. The summed E-state index contributed by atoms with van der Waals surface area (Å²) in [5.74, 6) is 6.09. The van der Waals surface area contributed by atoms with E-state index in [2.05, 4.69) is 25.7 Å². The van der Waals surface area contributed by atoms with Gasteiger partial charge in [-0.3, -0.25) is 4.90 Å². The fourth-order valence-corrected chi connectivity index (χ4v) is 2.11. The van der Waals surface area contributed by atoms with Gasteiger partial charge in [-0.15, -0.1) is 0 Å². The normalized spacial score (nSPS) is 17.4. The molecule has 0 unspecified atom stereocenters. The van der Waals surface area contributed by atoms with Gasteiger partial charge < -0.3 is 9.74 Å². The number of pyridine rings is 1. The van der Waals surface area contributed by atoms with Crippen LogP contribution < -0.4 is 10.8 Å². The van der Waals surface area contributed by atoms with Gasteiger partial charge in [-0.2, -0.15) is 0 Å². The first-order valence-corrected chi connectivity index (χ1v) is 6.10. The molecule has 5 heteroatoms. The van der Waals surface area contributed by atoms with Crippen LogP contribution in [-0.4, -0.2) is 49.2 Å². The zero-order chi connectivity index (χ0) is 11.9. The van der Waals surface area contributed by atoms with Crippen LogP contribution >= 0.6 is 0 Å². The van der Waals surface area contributed by atoms with E-state index in [0.717, 1.165) is 45.0 Å². The van der Waals surface area contributed by atoms with Crippen molar-refractivity contribution in [3.63, 3.8) is 0 Å². The van der Waals surface area contributed by atoms with Crippen LogP contribution in [0, 0.1) is 0 Å². The maximum atomic E-state index is 5.01. The molecule has 0 aromatic carbocycles. The third kappa shape index (κ3) is 3.66. The lowest BCUT2D eigenvalue weighted by molar-refractivity contribution is 0.122. The van der Waals surface area contributed by atoms with Crippen molar-refractivity contribution in [1.82, 2.24) is 9.88 Å². The molecule has 0 radical (unpaired) electrons. The largest absolute Gasteiger partial charge is 0.354 e. The van der Waals surface area contributed by atoms with Gasteiger partial charge in [0, 0.05) is 38.9 Å². The lowest BCUT2D eigenvalue weighted by Crippen LogP contribution is -2.47. The predicted octanol–water partition coefficient (Wildman–Crippen LogP) is 0.484. The Morgan fingerprint density at radius 3 is 2.71 bits per heavy atom. The highest BCUT2D eigenvalue weighted by molar-refractivity contribution is 5.38. The number of hydrogen-bond acceptors (Lipinski definition) is 5. The Kier molecular flexibility index (Phi) is 4.73. The summed E-state index contributed by atoms with van der Waals surface area (Å²) in [6.07, 6.45) is 2.85. The highest BCUT2D eigenvalue weighted by Gasteiger charge is 2.16. The van der Waals surface area contributed by atoms with Gasteiger partial charge in [0.1, 0.15) is 5.82 Å². The number of nitrogens with two attached hydrogens (primary N) is 1. The molecule has 2 N–H and O–H groups in total. The summed E-state index contributed by atoms with van der Waals surface area (Å²) in [5.41, 5.74) is 0. The monoisotopic (exact) mass is 236 g/mol. The van der Waals surface area contributed by atoms with Gasteiger partial charge in [0.05, 0.1) is 6.61 Å². The lowest BCUT2D eigenvalue weighted by Gasteiger charge is -2.35. The molecule has 0 aliphatic carbocycles. The van der Waals surface area contributed by atoms with Gasteiger partial charge in [0.15, 0.2) is 0 Å². The fourth-order valence-electron chi connectivity index (χ4n) is 2.11. The average molecular weight is 236 g/mol. The summed E-state index contributed by atoms with van der Waals surface area (Å²) in [7, 11) is 0. The Hall–Kier alpha value is -1.17. The van der Waals surface area contributed by atoms with E-state index in [9.17, 15) is 0 Å². The van der Waals surface area contributed by atoms with Crippen LogP contribution in [0.5, 0.6) is 0 Å². The molecule has 5 nitrogen and oxygen atoms in total. The van der Waals surface area contributed by atoms with Crippen LogP contribution in [-0.2, 0) is 4.84 Å². The molecule has 0 bridgehead atoms. The minimum absolute atomic E-state index is 0.639. The Morgan fingerprint density at radius 1 is 1.24 bits per heavy atom. The summed E-state index contributed by atoms with van der Waals surface area (Å²) in [6, 6.07) is 6.05. The van der Waals surface area contributed by atoms with E-state index in [4.69, 9.17) is 5.90 Å². The molecule has 0 amide bonds.